The molecular formula is C17H16ClFN2. The number of nitrogens with zero attached hydrogens (tertiary/aromatic N) is 2. The fourth-order valence-electron chi connectivity index (χ4n) is 2.58. The van der Waals surface area contributed by atoms with Crippen LogP contribution < -0.4 is 0 Å². The van der Waals surface area contributed by atoms with E-state index in [2.05, 4.69) is 41.6 Å². The molecule has 3 rings (SSSR count). The summed E-state index contributed by atoms with van der Waals surface area (Å²) in [5.41, 5.74) is 4.97. The van der Waals surface area contributed by atoms with Gasteiger partial charge < -0.3 is 0 Å². The molecule has 0 N–H and O–H groups in total. The summed E-state index contributed by atoms with van der Waals surface area (Å²) < 4.78 is 15.5. The normalized spacial score (nSPS) is 11.2. The summed E-state index contributed by atoms with van der Waals surface area (Å²) in [6.07, 6.45) is 0.644. The summed E-state index contributed by atoms with van der Waals surface area (Å²) in [6, 6.07) is 11.0. The van der Waals surface area contributed by atoms with Crippen LogP contribution in [0.1, 0.15) is 17.0 Å². The van der Waals surface area contributed by atoms with Crippen molar-refractivity contribution >= 4 is 22.6 Å². The number of aryl methyl sites for hydroxylation is 3. The SMILES string of the molecule is Cc1ccc(C)c(-n2c(CCCl)nc3cc(F)ccc32)c1. The maximum atomic E-state index is 13.4. The Bertz CT molecular complexity index is 808. The molecule has 0 saturated heterocycles. The van der Waals surface area contributed by atoms with Crippen LogP contribution in [0.25, 0.3) is 16.7 Å². The second-order valence-corrected chi connectivity index (χ2v) is 5.60. The largest absolute Gasteiger partial charge is 0.296 e. The molecule has 0 spiro atoms. The maximum Gasteiger partial charge on any atom is 0.125 e. The van der Waals surface area contributed by atoms with E-state index in [0.29, 0.717) is 17.8 Å². The van der Waals surface area contributed by atoms with Gasteiger partial charge in [0.2, 0.25) is 0 Å². The monoisotopic (exact) mass is 302 g/mol. The number of halogens is 2. The van der Waals surface area contributed by atoms with Crippen LogP contribution in [0.5, 0.6) is 0 Å². The Morgan fingerprint density at radius 2 is 1.95 bits per heavy atom. The summed E-state index contributed by atoms with van der Waals surface area (Å²) in [4.78, 5) is 4.55. The zero-order valence-electron chi connectivity index (χ0n) is 12.0. The number of alkyl halides is 1. The van der Waals surface area contributed by atoms with Gasteiger partial charge in [0.05, 0.1) is 16.7 Å². The predicted octanol–water partition coefficient (Wildman–Crippen LogP) is 4.56. The van der Waals surface area contributed by atoms with Crippen molar-refractivity contribution in [3.8, 4) is 5.69 Å². The highest BCUT2D eigenvalue weighted by Gasteiger charge is 2.14. The molecule has 1 heterocycles. The van der Waals surface area contributed by atoms with Crippen molar-refractivity contribution in [2.24, 2.45) is 0 Å². The number of fused-ring (bicyclic) bond motifs is 1. The third-order valence-corrected chi connectivity index (χ3v) is 3.80. The van der Waals surface area contributed by atoms with Crippen molar-refractivity contribution in [3.05, 3.63) is 59.2 Å². The summed E-state index contributed by atoms with van der Waals surface area (Å²) in [5.74, 6) is 1.07. The summed E-state index contributed by atoms with van der Waals surface area (Å²) in [7, 11) is 0. The highest BCUT2D eigenvalue weighted by molar-refractivity contribution is 6.17. The zero-order chi connectivity index (χ0) is 15.0. The minimum Gasteiger partial charge on any atom is -0.296 e. The van der Waals surface area contributed by atoms with Crippen LogP contribution in [0.2, 0.25) is 0 Å². The summed E-state index contributed by atoms with van der Waals surface area (Å²) >= 11 is 5.90. The topological polar surface area (TPSA) is 17.8 Å². The van der Waals surface area contributed by atoms with Crippen LogP contribution >= 0.6 is 11.6 Å². The number of benzene rings is 2. The molecule has 0 saturated carbocycles. The highest BCUT2D eigenvalue weighted by Crippen LogP contribution is 2.25. The van der Waals surface area contributed by atoms with E-state index in [1.54, 1.807) is 6.07 Å². The van der Waals surface area contributed by atoms with Crippen molar-refractivity contribution in [2.45, 2.75) is 20.3 Å². The Morgan fingerprint density at radius 1 is 1.14 bits per heavy atom. The second kappa shape index (κ2) is 5.49. The quantitative estimate of drug-likeness (QED) is 0.648. The summed E-state index contributed by atoms with van der Waals surface area (Å²) in [6.45, 7) is 4.12. The van der Waals surface area contributed by atoms with Crippen molar-refractivity contribution in [1.82, 2.24) is 9.55 Å². The van der Waals surface area contributed by atoms with E-state index in [1.165, 1.54) is 17.7 Å². The first-order valence-electron chi connectivity index (χ1n) is 6.90. The Balaban J connectivity index is 2.33. The molecule has 21 heavy (non-hydrogen) atoms. The molecule has 0 aliphatic carbocycles. The van der Waals surface area contributed by atoms with Gasteiger partial charge in [-0.3, -0.25) is 4.57 Å². The highest BCUT2D eigenvalue weighted by atomic mass is 35.5. The molecule has 0 aliphatic heterocycles. The Kier molecular flexibility index (Phi) is 3.68. The maximum absolute atomic E-state index is 13.4. The Hall–Kier alpha value is -1.87. The lowest BCUT2D eigenvalue weighted by Gasteiger charge is -2.12. The average Bonchev–Trinajstić information content (AvgIpc) is 2.79. The van der Waals surface area contributed by atoms with Crippen LogP contribution in [0.3, 0.4) is 0 Å². The molecule has 0 aliphatic rings. The van der Waals surface area contributed by atoms with E-state index in [1.807, 2.05) is 0 Å². The molecule has 0 atom stereocenters. The van der Waals surface area contributed by atoms with Crippen molar-refractivity contribution in [3.63, 3.8) is 0 Å². The average molecular weight is 303 g/mol. The lowest BCUT2D eigenvalue weighted by atomic mass is 10.1. The molecule has 4 heteroatoms. The minimum atomic E-state index is -0.273. The molecule has 0 amide bonds. The van der Waals surface area contributed by atoms with E-state index in [9.17, 15) is 4.39 Å². The fraction of sp³-hybridized carbons (Fsp3) is 0.235. The van der Waals surface area contributed by atoms with E-state index >= 15 is 0 Å². The molecular weight excluding hydrogens is 287 g/mol. The van der Waals surface area contributed by atoms with Crippen molar-refractivity contribution in [1.29, 1.82) is 0 Å². The van der Waals surface area contributed by atoms with Gasteiger partial charge in [-0.1, -0.05) is 12.1 Å². The fourth-order valence-corrected chi connectivity index (χ4v) is 2.75. The van der Waals surface area contributed by atoms with Gasteiger partial charge in [0.15, 0.2) is 0 Å². The standard InChI is InChI=1S/C17H16ClFN2/c1-11-3-4-12(2)16(9-11)21-15-6-5-13(19)10-14(15)20-17(21)7-8-18/h3-6,9-10H,7-8H2,1-2H3. The number of rotatable bonds is 3. The molecule has 0 unspecified atom stereocenters. The first-order valence-corrected chi connectivity index (χ1v) is 7.44. The van der Waals surface area contributed by atoms with Gasteiger partial charge in [0, 0.05) is 18.4 Å². The van der Waals surface area contributed by atoms with Gasteiger partial charge in [0.1, 0.15) is 11.6 Å². The van der Waals surface area contributed by atoms with Gasteiger partial charge in [-0.05, 0) is 43.2 Å². The molecule has 0 fully saturated rings. The number of hydrogen-bond acceptors (Lipinski definition) is 1. The van der Waals surface area contributed by atoms with Crippen LogP contribution in [-0.2, 0) is 6.42 Å². The molecule has 108 valence electrons. The Labute approximate surface area is 128 Å². The number of hydrogen-bond donors (Lipinski definition) is 0. The smallest absolute Gasteiger partial charge is 0.125 e. The van der Waals surface area contributed by atoms with Crippen molar-refractivity contribution < 1.29 is 4.39 Å². The van der Waals surface area contributed by atoms with E-state index < -0.39 is 0 Å². The van der Waals surface area contributed by atoms with Gasteiger partial charge in [-0.25, -0.2) is 9.37 Å². The van der Waals surface area contributed by atoms with E-state index in [0.717, 1.165) is 22.6 Å². The third-order valence-electron chi connectivity index (χ3n) is 3.61. The first-order chi connectivity index (χ1) is 10.1. The third kappa shape index (κ3) is 2.54. The lowest BCUT2D eigenvalue weighted by molar-refractivity contribution is 0.629. The first kappa shape index (κ1) is 14.1. The zero-order valence-corrected chi connectivity index (χ0v) is 12.8. The van der Waals surface area contributed by atoms with Crippen LogP contribution in [-0.4, -0.2) is 15.4 Å². The van der Waals surface area contributed by atoms with Gasteiger partial charge >= 0.3 is 0 Å². The molecule has 2 aromatic carbocycles. The van der Waals surface area contributed by atoms with Gasteiger partial charge in [0.25, 0.3) is 0 Å². The van der Waals surface area contributed by atoms with Gasteiger partial charge in [-0.2, -0.15) is 0 Å². The van der Waals surface area contributed by atoms with Crippen molar-refractivity contribution in [2.75, 3.05) is 5.88 Å². The molecule has 3 aromatic rings. The Morgan fingerprint density at radius 3 is 2.71 bits per heavy atom. The van der Waals surface area contributed by atoms with Crippen LogP contribution in [0.15, 0.2) is 36.4 Å². The van der Waals surface area contributed by atoms with Crippen LogP contribution in [0, 0.1) is 19.7 Å². The molecule has 0 radical (unpaired) electrons. The van der Waals surface area contributed by atoms with Gasteiger partial charge in [-0.15, -0.1) is 11.6 Å². The number of aromatic nitrogens is 2. The molecule has 0 bridgehead atoms. The predicted molar refractivity (Wildman–Crippen MR) is 84.9 cm³/mol. The van der Waals surface area contributed by atoms with E-state index in [4.69, 9.17) is 11.6 Å². The van der Waals surface area contributed by atoms with E-state index in [-0.39, 0.29) is 5.82 Å². The molecule has 2 nitrogen and oxygen atoms in total. The lowest BCUT2D eigenvalue weighted by Crippen LogP contribution is -2.04. The molecule has 1 aromatic heterocycles. The minimum absolute atomic E-state index is 0.273. The second-order valence-electron chi connectivity index (χ2n) is 5.23. The summed E-state index contributed by atoms with van der Waals surface area (Å²) in [5, 5.41) is 0. The van der Waals surface area contributed by atoms with Crippen LogP contribution in [0.4, 0.5) is 4.39 Å². The number of imidazole rings is 1.